The minimum atomic E-state index is 0. The van der Waals surface area contributed by atoms with Crippen molar-refractivity contribution < 1.29 is 14.2 Å². The van der Waals surface area contributed by atoms with E-state index in [9.17, 15) is 0 Å². The fourth-order valence-corrected chi connectivity index (χ4v) is 2.89. The molecule has 1 saturated heterocycles. The molecule has 6 nitrogen and oxygen atoms in total. The van der Waals surface area contributed by atoms with Crippen molar-refractivity contribution >= 4 is 29.9 Å². The Morgan fingerprint density at radius 3 is 2.83 bits per heavy atom. The van der Waals surface area contributed by atoms with Crippen molar-refractivity contribution in [3.8, 4) is 18.1 Å². The number of benzene rings is 1. The predicted molar refractivity (Wildman–Crippen MR) is 128 cm³/mol. The Bertz CT molecular complexity index is 611. The van der Waals surface area contributed by atoms with Crippen LogP contribution in [0.4, 0.5) is 0 Å². The molecule has 1 aliphatic rings. The summed E-state index contributed by atoms with van der Waals surface area (Å²) < 4.78 is 16.6. The summed E-state index contributed by atoms with van der Waals surface area (Å²) in [5.41, 5.74) is 1.24. The van der Waals surface area contributed by atoms with Gasteiger partial charge in [-0.05, 0) is 50.3 Å². The van der Waals surface area contributed by atoms with E-state index < -0.39 is 0 Å². The summed E-state index contributed by atoms with van der Waals surface area (Å²) in [6.07, 6.45) is 9.57. The number of terminal acetylenes is 1. The van der Waals surface area contributed by atoms with E-state index in [0.717, 1.165) is 70.2 Å². The highest BCUT2D eigenvalue weighted by atomic mass is 127. The lowest BCUT2D eigenvalue weighted by molar-refractivity contribution is 0.0171. The van der Waals surface area contributed by atoms with Crippen LogP contribution in [-0.4, -0.2) is 58.1 Å². The summed E-state index contributed by atoms with van der Waals surface area (Å²) in [5, 5.41) is 6.65. The van der Waals surface area contributed by atoms with Gasteiger partial charge in [-0.1, -0.05) is 18.1 Å². The zero-order valence-corrected chi connectivity index (χ0v) is 19.7. The number of halogens is 1. The summed E-state index contributed by atoms with van der Waals surface area (Å²) in [5.74, 6) is 4.10. The van der Waals surface area contributed by atoms with Crippen LogP contribution in [0.1, 0.15) is 31.7 Å². The van der Waals surface area contributed by atoms with Gasteiger partial charge < -0.3 is 24.8 Å². The van der Waals surface area contributed by atoms with Crippen molar-refractivity contribution in [3.05, 3.63) is 29.8 Å². The average molecular weight is 515 g/mol. The number of guanidine groups is 1. The van der Waals surface area contributed by atoms with E-state index in [2.05, 4.69) is 40.6 Å². The fraction of sp³-hybridized carbons (Fsp3) is 0.591. The Hall–Kier alpha value is -1.50. The maximum absolute atomic E-state index is 5.68. The van der Waals surface area contributed by atoms with Crippen molar-refractivity contribution in [1.82, 2.24) is 10.6 Å². The summed E-state index contributed by atoms with van der Waals surface area (Å²) in [6, 6.07) is 8.01. The molecule has 0 saturated carbocycles. The lowest BCUT2D eigenvalue weighted by Crippen LogP contribution is -2.38. The molecule has 0 aromatic heterocycles. The zero-order chi connectivity index (χ0) is 19.9. The zero-order valence-electron chi connectivity index (χ0n) is 17.3. The largest absolute Gasteiger partial charge is 0.481 e. The first-order chi connectivity index (χ1) is 13.8. The second-order valence-corrected chi connectivity index (χ2v) is 6.64. The van der Waals surface area contributed by atoms with Crippen molar-refractivity contribution in [2.24, 2.45) is 4.99 Å². The van der Waals surface area contributed by atoms with Crippen molar-refractivity contribution in [2.75, 3.05) is 46.1 Å². The Morgan fingerprint density at radius 2 is 2.14 bits per heavy atom. The van der Waals surface area contributed by atoms with Crippen LogP contribution in [0, 0.1) is 12.3 Å². The van der Waals surface area contributed by atoms with Crippen LogP contribution in [0.25, 0.3) is 0 Å². The standard InChI is InChI=1S/C22H33N3O3.HI/c1-3-15-27-20-10-8-19(9-11-20)12-14-25-22(23-4-2)24-13-6-16-26-18-21-7-5-17-28-21;/h1,8-11,21H,4-7,12-18H2,2H3,(H2,23,24,25);1H. The molecule has 162 valence electrons. The second-order valence-electron chi connectivity index (χ2n) is 6.64. The first-order valence-electron chi connectivity index (χ1n) is 10.2. The predicted octanol–water partition coefficient (Wildman–Crippen LogP) is 3.00. The van der Waals surface area contributed by atoms with Gasteiger partial charge in [-0.15, -0.1) is 30.4 Å². The number of hydrogen-bond donors (Lipinski definition) is 2. The van der Waals surface area contributed by atoms with Crippen molar-refractivity contribution in [3.63, 3.8) is 0 Å². The molecule has 0 spiro atoms. The third-order valence-electron chi connectivity index (χ3n) is 4.34. The molecule has 0 amide bonds. The SMILES string of the molecule is C#CCOc1ccc(CCNC(=NCCCOCC2CCCO2)NCC)cc1.I. The normalized spacial score (nSPS) is 16.0. The van der Waals surface area contributed by atoms with Gasteiger partial charge in [-0.25, -0.2) is 0 Å². The number of nitrogens with zero attached hydrogens (tertiary/aromatic N) is 1. The molecule has 1 atom stereocenters. The molecule has 0 radical (unpaired) electrons. The Morgan fingerprint density at radius 1 is 1.31 bits per heavy atom. The number of aliphatic imine (C=N–C) groups is 1. The molecule has 1 heterocycles. The summed E-state index contributed by atoms with van der Waals surface area (Å²) >= 11 is 0. The molecule has 2 N–H and O–H groups in total. The molecule has 1 unspecified atom stereocenters. The molecule has 0 aliphatic carbocycles. The van der Waals surface area contributed by atoms with E-state index >= 15 is 0 Å². The maximum atomic E-state index is 5.68. The average Bonchev–Trinajstić information content (AvgIpc) is 3.23. The monoisotopic (exact) mass is 515 g/mol. The highest BCUT2D eigenvalue weighted by Gasteiger charge is 2.14. The fourth-order valence-electron chi connectivity index (χ4n) is 2.89. The number of nitrogens with one attached hydrogen (secondary N) is 2. The van der Waals surface area contributed by atoms with Gasteiger partial charge in [0.15, 0.2) is 5.96 Å². The van der Waals surface area contributed by atoms with Gasteiger partial charge in [0.25, 0.3) is 0 Å². The van der Waals surface area contributed by atoms with E-state index in [4.69, 9.17) is 20.6 Å². The summed E-state index contributed by atoms with van der Waals surface area (Å²) in [4.78, 5) is 4.61. The van der Waals surface area contributed by atoms with Gasteiger partial charge in [0, 0.05) is 32.8 Å². The van der Waals surface area contributed by atoms with E-state index in [-0.39, 0.29) is 24.0 Å². The number of hydrogen-bond acceptors (Lipinski definition) is 4. The van der Waals surface area contributed by atoms with E-state index in [1.165, 1.54) is 5.56 Å². The van der Waals surface area contributed by atoms with Gasteiger partial charge in [-0.2, -0.15) is 0 Å². The highest BCUT2D eigenvalue weighted by molar-refractivity contribution is 14.0. The van der Waals surface area contributed by atoms with Crippen molar-refractivity contribution in [2.45, 2.75) is 38.7 Å². The van der Waals surface area contributed by atoms with Crippen LogP contribution in [-0.2, 0) is 15.9 Å². The molecule has 0 bridgehead atoms. The van der Waals surface area contributed by atoms with E-state index in [1.807, 2.05) is 12.1 Å². The Balaban J connectivity index is 0.00000420. The Kier molecular flexibility index (Phi) is 14.4. The molecule has 1 aromatic carbocycles. The molecular weight excluding hydrogens is 481 g/mol. The second kappa shape index (κ2) is 16.3. The minimum absolute atomic E-state index is 0. The lowest BCUT2D eigenvalue weighted by Gasteiger charge is -2.12. The molecule has 1 aromatic rings. The number of ether oxygens (including phenoxy) is 3. The topological polar surface area (TPSA) is 64.1 Å². The summed E-state index contributed by atoms with van der Waals surface area (Å²) in [7, 11) is 0. The van der Waals surface area contributed by atoms with Gasteiger partial charge in [0.1, 0.15) is 12.4 Å². The minimum Gasteiger partial charge on any atom is -0.481 e. The molecule has 7 heteroatoms. The molecule has 2 rings (SSSR count). The van der Waals surface area contributed by atoms with Crippen LogP contribution in [0.15, 0.2) is 29.3 Å². The maximum Gasteiger partial charge on any atom is 0.191 e. The summed E-state index contributed by atoms with van der Waals surface area (Å²) in [6.45, 7) is 7.04. The van der Waals surface area contributed by atoms with Crippen LogP contribution in [0.3, 0.4) is 0 Å². The van der Waals surface area contributed by atoms with Crippen LogP contribution < -0.4 is 15.4 Å². The van der Waals surface area contributed by atoms with Gasteiger partial charge in [-0.3, -0.25) is 4.99 Å². The molecule has 1 aliphatic heterocycles. The third kappa shape index (κ3) is 11.3. The van der Waals surface area contributed by atoms with Gasteiger partial charge in [0.05, 0.1) is 12.7 Å². The molecule has 1 fully saturated rings. The quantitative estimate of drug-likeness (QED) is 0.147. The van der Waals surface area contributed by atoms with Crippen LogP contribution in [0.2, 0.25) is 0 Å². The third-order valence-corrected chi connectivity index (χ3v) is 4.34. The van der Waals surface area contributed by atoms with E-state index in [1.54, 1.807) is 0 Å². The smallest absolute Gasteiger partial charge is 0.191 e. The van der Waals surface area contributed by atoms with Crippen LogP contribution >= 0.6 is 24.0 Å². The first-order valence-corrected chi connectivity index (χ1v) is 10.2. The van der Waals surface area contributed by atoms with Crippen LogP contribution in [0.5, 0.6) is 5.75 Å². The number of rotatable bonds is 12. The lowest BCUT2D eigenvalue weighted by atomic mass is 10.1. The van der Waals surface area contributed by atoms with Gasteiger partial charge in [0.2, 0.25) is 0 Å². The molecular formula is C22H34IN3O3. The molecule has 29 heavy (non-hydrogen) atoms. The Labute approximate surface area is 192 Å². The highest BCUT2D eigenvalue weighted by Crippen LogP contribution is 2.12. The van der Waals surface area contributed by atoms with E-state index in [0.29, 0.717) is 19.3 Å². The first kappa shape index (κ1) is 25.5. The van der Waals surface area contributed by atoms with Crippen molar-refractivity contribution in [1.29, 1.82) is 0 Å². The van der Waals surface area contributed by atoms with Gasteiger partial charge >= 0.3 is 0 Å².